The second-order valence-corrected chi connectivity index (χ2v) is 2.96. The van der Waals surface area contributed by atoms with Crippen LogP contribution in [0.15, 0.2) is 6.07 Å². The number of hydrogen-bond acceptors (Lipinski definition) is 4. The molecular formula is C8H8F5N3O. The summed E-state index contributed by atoms with van der Waals surface area (Å²) in [6.45, 7) is -0.816. The molecule has 0 aromatic carbocycles. The Bertz CT molecular complexity index is 395. The van der Waals surface area contributed by atoms with Crippen LogP contribution in [-0.4, -0.2) is 17.8 Å². The lowest BCUT2D eigenvalue weighted by atomic mass is 10.4. The Hall–Kier alpha value is -1.64. The maximum atomic E-state index is 13.0. The molecule has 0 radical (unpaired) electrons. The van der Waals surface area contributed by atoms with E-state index in [0.717, 1.165) is 0 Å². The van der Waals surface area contributed by atoms with Crippen LogP contribution in [0.3, 0.4) is 0 Å². The van der Waals surface area contributed by atoms with E-state index >= 15 is 0 Å². The average molecular weight is 257 g/mol. The second kappa shape index (κ2) is 5.13. The molecule has 1 aromatic rings. The minimum atomic E-state index is -4.43. The largest absolute Gasteiger partial charge is 0.475 e. The summed E-state index contributed by atoms with van der Waals surface area (Å²) in [7, 11) is 0. The number of ether oxygens (including phenoxy) is 1. The van der Waals surface area contributed by atoms with Gasteiger partial charge < -0.3 is 10.2 Å². The maximum absolute atomic E-state index is 13.0. The first-order valence-electron chi connectivity index (χ1n) is 4.35. The van der Waals surface area contributed by atoms with E-state index in [1.165, 1.54) is 0 Å². The third-order valence-corrected chi connectivity index (χ3v) is 1.66. The molecule has 0 aliphatic heterocycles. The predicted molar refractivity (Wildman–Crippen MR) is 48.1 cm³/mol. The van der Waals surface area contributed by atoms with Crippen molar-refractivity contribution in [1.29, 1.82) is 0 Å². The van der Waals surface area contributed by atoms with Crippen molar-refractivity contribution >= 4 is 5.82 Å². The molecular weight excluding hydrogens is 249 g/mol. The highest BCUT2D eigenvalue weighted by Gasteiger charge is 2.27. The summed E-state index contributed by atoms with van der Waals surface area (Å²) in [5.41, 5.74) is 1.81. The number of nitrogens with two attached hydrogens (primary N) is 1. The zero-order valence-electron chi connectivity index (χ0n) is 8.31. The second-order valence-electron chi connectivity index (χ2n) is 2.96. The highest BCUT2D eigenvalue weighted by Crippen LogP contribution is 2.23. The van der Waals surface area contributed by atoms with Crippen LogP contribution in [0, 0.1) is 11.6 Å². The van der Waals surface area contributed by atoms with Crippen molar-refractivity contribution in [2.75, 3.05) is 12.0 Å². The van der Waals surface area contributed by atoms with E-state index in [1.807, 2.05) is 5.43 Å². The molecule has 0 amide bonds. The van der Waals surface area contributed by atoms with E-state index in [4.69, 9.17) is 5.84 Å². The first kappa shape index (κ1) is 13.4. The van der Waals surface area contributed by atoms with E-state index in [9.17, 15) is 22.0 Å². The summed E-state index contributed by atoms with van der Waals surface area (Å²) in [4.78, 5) is 3.23. The number of alkyl halides is 3. The lowest BCUT2D eigenvalue weighted by Crippen LogP contribution is -2.15. The number of nitrogens with zero attached hydrogens (tertiary/aromatic N) is 1. The predicted octanol–water partition coefficient (Wildman–Crippen LogP) is 1.98. The van der Waals surface area contributed by atoms with Gasteiger partial charge in [-0.15, -0.1) is 0 Å². The molecule has 3 N–H and O–H groups in total. The molecule has 1 heterocycles. The summed E-state index contributed by atoms with van der Waals surface area (Å²) in [6.07, 6.45) is -5.69. The van der Waals surface area contributed by atoms with Crippen LogP contribution in [0.4, 0.5) is 27.8 Å². The van der Waals surface area contributed by atoms with E-state index < -0.39 is 42.5 Å². The minimum Gasteiger partial charge on any atom is -0.475 e. The number of rotatable bonds is 4. The zero-order valence-corrected chi connectivity index (χ0v) is 8.31. The van der Waals surface area contributed by atoms with E-state index in [1.54, 1.807) is 0 Å². The van der Waals surface area contributed by atoms with Crippen molar-refractivity contribution in [2.24, 2.45) is 5.84 Å². The van der Waals surface area contributed by atoms with Gasteiger partial charge >= 0.3 is 6.18 Å². The molecule has 0 spiro atoms. The van der Waals surface area contributed by atoms with Crippen LogP contribution >= 0.6 is 0 Å². The number of aromatic nitrogens is 1. The minimum absolute atomic E-state index is 0.408. The highest BCUT2D eigenvalue weighted by molar-refractivity contribution is 5.38. The number of nitrogen functional groups attached to an aromatic ring is 1. The van der Waals surface area contributed by atoms with Crippen LogP contribution in [0.2, 0.25) is 0 Å². The fourth-order valence-electron chi connectivity index (χ4n) is 0.916. The Labute approximate surface area is 92.5 Å². The van der Waals surface area contributed by atoms with Crippen LogP contribution in [0.1, 0.15) is 6.42 Å². The number of nitrogens with one attached hydrogen (secondary N) is 1. The van der Waals surface area contributed by atoms with Gasteiger partial charge in [0.2, 0.25) is 0 Å². The molecule has 17 heavy (non-hydrogen) atoms. The first-order valence-corrected chi connectivity index (χ1v) is 4.35. The summed E-state index contributed by atoms with van der Waals surface area (Å²) in [5.74, 6) is 1.31. The fourth-order valence-corrected chi connectivity index (χ4v) is 0.916. The van der Waals surface area contributed by atoms with Gasteiger partial charge in [0.1, 0.15) is 0 Å². The van der Waals surface area contributed by atoms with Gasteiger partial charge in [-0.3, -0.25) is 0 Å². The van der Waals surface area contributed by atoms with Gasteiger partial charge in [-0.05, 0) is 0 Å². The van der Waals surface area contributed by atoms with E-state index in [2.05, 4.69) is 9.72 Å². The molecule has 0 bridgehead atoms. The molecule has 0 saturated carbocycles. The molecule has 0 atom stereocenters. The van der Waals surface area contributed by atoms with E-state index in [0.29, 0.717) is 6.07 Å². The van der Waals surface area contributed by atoms with Crippen molar-refractivity contribution in [2.45, 2.75) is 12.6 Å². The number of hydrazine groups is 1. The van der Waals surface area contributed by atoms with Gasteiger partial charge in [0.25, 0.3) is 5.88 Å². The van der Waals surface area contributed by atoms with Gasteiger partial charge in [-0.1, -0.05) is 0 Å². The number of halogens is 5. The lowest BCUT2D eigenvalue weighted by molar-refractivity contribution is -0.139. The molecule has 0 unspecified atom stereocenters. The van der Waals surface area contributed by atoms with Gasteiger partial charge in [-0.2, -0.15) is 18.2 Å². The topological polar surface area (TPSA) is 60.2 Å². The molecule has 0 fully saturated rings. The Kier molecular flexibility index (Phi) is 4.05. The molecule has 0 aliphatic rings. The third-order valence-electron chi connectivity index (χ3n) is 1.66. The van der Waals surface area contributed by atoms with Crippen molar-refractivity contribution in [3.8, 4) is 5.88 Å². The molecule has 1 rings (SSSR count). The molecule has 1 aromatic heterocycles. The van der Waals surface area contributed by atoms with Crippen LogP contribution < -0.4 is 16.0 Å². The summed E-state index contributed by atoms with van der Waals surface area (Å²) in [5, 5.41) is 0. The van der Waals surface area contributed by atoms with Crippen molar-refractivity contribution < 1.29 is 26.7 Å². The third kappa shape index (κ3) is 4.02. The zero-order chi connectivity index (χ0) is 13.1. The summed E-state index contributed by atoms with van der Waals surface area (Å²) in [6, 6.07) is 0.408. The number of pyridine rings is 1. The first-order chi connectivity index (χ1) is 7.83. The lowest BCUT2D eigenvalue weighted by Gasteiger charge is -2.10. The Morgan fingerprint density at radius 1 is 1.29 bits per heavy atom. The monoisotopic (exact) mass is 257 g/mol. The van der Waals surface area contributed by atoms with Crippen LogP contribution in [0.5, 0.6) is 5.88 Å². The normalized spacial score (nSPS) is 11.4. The van der Waals surface area contributed by atoms with Crippen LogP contribution in [0.25, 0.3) is 0 Å². The molecule has 9 heteroatoms. The maximum Gasteiger partial charge on any atom is 0.392 e. The van der Waals surface area contributed by atoms with Crippen molar-refractivity contribution in [1.82, 2.24) is 4.98 Å². The molecule has 4 nitrogen and oxygen atoms in total. The Morgan fingerprint density at radius 3 is 2.47 bits per heavy atom. The Balaban J connectivity index is 2.71. The highest BCUT2D eigenvalue weighted by atomic mass is 19.4. The summed E-state index contributed by atoms with van der Waals surface area (Å²) >= 11 is 0. The average Bonchev–Trinajstić information content (AvgIpc) is 2.19. The SMILES string of the molecule is NNc1nc(OCCC(F)(F)F)c(F)cc1F. The standard InChI is InChI=1S/C8H8F5N3O/c9-4-3-5(10)7(15-6(4)16-14)17-2-1-8(11,12)13/h3H,1-2,14H2,(H,15,16). The van der Waals surface area contributed by atoms with Crippen LogP contribution in [-0.2, 0) is 0 Å². The summed E-state index contributed by atoms with van der Waals surface area (Å²) < 4.78 is 65.7. The van der Waals surface area contributed by atoms with Gasteiger partial charge in [0.05, 0.1) is 13.0 Å². The van der Waals surface area contributed by atoms with E-state index in [-0.39, 0.29) is 0 Å². The van der Waals surface area contributed by atoms with Gasteiger partial charge in [0, 0.05) is 6.07 Å². The molecule has 0 saturated heterocycles. The molecule has 0 aliphatic carbocycles. The van der Waals surface area contributed by atoms with Gasteiger partial charge in [-0.25, -0.2) is 14.6 Å². The van der Waals surface area contributed by atoms with Crippen molar-refractivity contribution in [3.05, 3.63) is 17.7 Å². The van der Waals surface area contributed by atoms with Crippen molar-refractivity contribution in [3.63, 3.8) is 0 Å². The number of hydrogen-bond donors (Lipinski definition) is 2. The fraction of sp³-hybridized carbons (Fsp3) is 0.375. The smallest absolute Gasteiger partial charge is 0.392 e. The molecule has 96 valence electrons. The quantitative estimate of drug-likeness (QED) is 0.492. The number of anilines is 1. The Morgan fingerprint density at radius 2 is 1.94 bits per heavy atom. The van der Waals surface area contributed by atoms with Gasteiger partial charge in [0.15, 0.2) is 17.5 Å².